The smallest absolute Gasteiger partial charge is 0.257 e. The second-order valence-electron chi connectivity index (χ2n) is 7.27. The van der Waals surface area contributed by atoms with Crippen molar-refractivity contribution in [3.05, 3.63) is 60.2 Å². The third-order valence-corrected chi connectivity index (χ3v) is 5.10. The third-order valence-electron chi connectivity index (χ3n) is 5.10. The van der Waals surface area contributed by atoms with Crippen molar-refractivity contribution in [1.82, 2.24) is 15.1 Å². The molecule has 1 saturated heterocycles. The van der Waals surface area contributed by atoms with Crippen LogP contribution in [0, 0.1) is 0 Å². The molecular formula is C23H31N3O3. The highest BCUT2D eigenvalue weighted by Crippen LogP contribution is 2.24. The molecule has 1 fully saturated rings. The van der Waals surface area contributed by atoms with Gasteiger partial charge in [0.05, 0.1) is 6.61 Å². The van der Waals surface area contributed by atoms with E-state index in [0.29, 0.717) is 24.9 Å². The molecule has 0 aromatic heterocycles. The molecule has 1 aliphatic heterocycles. The fourth-order valence-corrected chi connectivity index (χ4v) is 3.55. The molecular weight excluding hydrogens is 366 g/mol. The second kappa shape index (κ2) is 10.8. The number of hydrogen-bond donors (Lipinski definition) is 1. The molecule has 0 aliphatic carbocycles. The van der Waals surface area contributed by atoms with E-state index in [0.717, 1.165) is 31.9 Å². The Morgan fingerprint density at radius 3 is 2.41 bits per heavy atom. The highest BCUT2D eigenvalue weighted by Gasteiger charge is 2.26. The van der Waals surface area contributed by atoms with Crippen molar-refractivity contribution in [2.75, 3.05) is 53.0 Å². The number of nitrogens with zero attached hydrogens (tertiary/aromatic N) is 2. The number of amides is 1. The van der Waals surface area contributed by atoms with Gasteiger partial charge in [-0.1, -0.05) is 30.3 Å². The van der Waals surface area contributed by atoms with Crippen molar-refractivity contribution in [2.45, 2.75) is 13.0 Å². The highest BCUT2D eigenvalue weighted by molar-refractivity contribution is 5.77. The molecule has 2 aromatic rings. The lowest BCUT2D eigenvalue weighted by Crippen LogP contribution is -2.49. The molecule has 1 aliphatic rings. The molecule has 0 bridgehead atoms. The van der Waals surface area contributed by atoms with Crippen LogP contribution in [0.2, 0.25) is 0 Å². The zero-order valence-electron chi connectivity index (χ0n) is 17.3. The van der Waals surface area contributed by atoms with Crippen molar-refractivity contribution < 1.29 is 14.3 Å². The quantitative estimate of drug-likeness (QED) is 0.705. The zero-order chi connectivity index (χ0) is 20.5. The average Bonchev–Trinajstić information content (AvgIpc) is 2.75. The lowest BCUT2D eigenvalue weighted by Gasteiger charge is -2.40. The zero-order valence-corrected chi connectivity index (χ0v) is 17.3. The monoisotopic (exact) mass is 397 g/mol. The minimum Gasteiger partial charge on any atom is -0.494 e. The van der Waals surface area contributed by atoms with Crippen LogP contribution in [0.15, 0.2) is 54.6 Å². The van der Waals surface area contributed by atoms with Gasteiger partial charge in [-0.05, 0) is 43.8 Å². The number of rotatable bonds is 9. The van der Waals surface area contributed by atoms with Gasteiger partial charge in [0.15, 0.2) is 6.61 Å². The van der Waals surface area contributed by atoms with Gasteiger partial charge in [-0.2, -0.15) is 0 Å². The maximum absolute atomic E-state index is 12.1. The summed E-state index contributed by atoms with van der Waals surface area (Å²) in [6, 6.07) is 18.2. The molecule has 0 unspecified atom stereocenters. The first kappa shape index (κ1) is 21.1. The number of carbonyl (C=O) groups excluding carboxylic acids is 1. The SMILES string of the molecule is CCOc1ccc(OCC(=O)NCCN2CCN(C)C[C@@H]2c2ccccc2)cc1. The summed E-state index contributed by atoms with van der Waals surface area (Å²) in [5, 5.41) is 2.97. The van der Waals surface area contributed by atoms with Crippen molar-refractivity contribution in [2.24, 2.45) is 0 Å². The molecule has 1 N–H and O–H groups in total. The van der Waals surface area contributed by atoms with E-state index in [1.807, 2.05) is 37.3 Å². The Bertz CT molecular complexity index is 752. The Morgan fingerprint density at radius 2 is 1.72 bits per heavy atom. The van der Waals surface area contributed by atoms with E-state index in [9.17, 15) is 4.79 Å². The first-order valence-corrected chi connectivity index (χ1v) is 10.3. The Balaban J connectivity index is 1.42. The van der Waals surface area contributed by atoms with E-state index in [2.05, 4.69) is 46.4 Å². The van der Waals surface area contributed by atoms with Gasteiger partial charge in [-0.15, -0.1) is 0 Å². The van der Waals surface area contributed by atoms with E-state index in [4.69, 9.17) is 9.47 Å². The van der Waals surface area contributed by atoms with Crippen molar-refractivity contribution in [1.29, 1.82) is 0 Å². The maximum atomic E-state index is 12.1. The number of piperazine rings is 1. The molecule has 2 aromatic carbocycles. The van der Waals surface area contributed by atoms with Crippen LogP contribution in [0.1, 0.15) is 18.5 Å². The molecule has 29 heavy (non-hydrogen) atoms. The summed E-state index contributed by atoms with van der Waals surface area (Å²) < 4.78 is 11.0. The summed E-state index contributed by atoms with van der Waals surface area (Å²) in [5.74, 6) is 1.35. The van der Waals surface area contributed by atoms with Gasteiger partial charge in [0, 0.05) is 38.8 Å². The van der Waals surface area contributed by atoms with Crippen LogP contribution in [0.25, 0.3) is 0 Å². The number of likely N-dealkylation sites (N-methyl/N-ethyl adjacent to an activating group) is 1. The molecule has 0 saturated carbocycles. The maximum Gasteiger partial charge on any atom is 0.257 e. The van der Waals surface area contributed by atoms with E-state index < -0.39 is 0 Å². The van der Waals surface area contributed by atoms with Crippen LogP contribution in [0.5, 0.6) is 11.5 Å². The lowest BCUT2D eigenvalue weighted by atomic mass is 10.0. The summed E-state index contributed by atoms with van der Waals surface area (Å²) in [7, 11) is 2.16. The molecule has 1 atom stereocenters. The predicted octanol–water partition coefficient (Wildman–Crippen LogP) is 2.57. The van der Waals surface area contributed by atoms with E-state index in [-0.39, 0.29) is 12.5 Å². The molecule has 0 spiro atoms. The van der Waals surface area contributed by atoms with Crippen LogP contribution >= 0.6 is 0 Å². The van der Waals surface area contributed by atoms with Gasteiger partial charge in [-0.25, -0.2) is 0 Å². The number of benzene rings is 2. The standard InChI is InChI=1S/C23H31N3O3/c1-3-28-20-9-11-21(12-10-20)29-18-23(27)24-13-14-26-16-15-25(2)17-22(26)19-7-5-4-6-8-19/h4-12,22H,3,13-18H2,1-2H3,(H,24,27)/t22-/m1/s1. The molecule has 156 valence electrons. The van der Waals surface area contributed by atoms with Crippen molar-refractivity contribution in [3.63, 3.8) is 0 Å². The third kappa shape index (κ3) is 6.48. The highest BCUT2D eigenvalue weighted by atomic mass is 16.5. The second-order valence-corrected chi connectivity index (χ2v) is 7.27. The topological polar surface area (TPSA) is 54.0 Å². The van der Waals surface area contributed by atoms with Crippen LogP contribution in [0.3, 0.4) is 0 Å². The molecule has 6 nitrogen and oxygen atoms in total. The Morgan fingerprint density at radius 1 is 1.03 bits per heavy atom. The van der Waals surface area contributed by atoms with Crippen LogP contribution in [0.4, 0.5) is 0 Å². The minimum absolute atomic E-state index is 0.0127. The van der Waals surface area contributed by atoms with Crippen LogP contribution in [-0.4, -0.2) is 68.7 Å². The van der Waals surface area contributed by atoms with Crippen molar-refractivity contribution in [3.8, 4) is 11.5 Å². The van der Waals surface area contributed by atoms with Gasteiger partial charge in [0.2, 0.25) is 0 Å². The molecule has 0 radical (unpaired) electrons. The minimum atomic E-state index is -0.107. The normalized spacial score (nSPS) is 17.7. The summed E-state index contributed by atoms with van der Waals surface area (Å²) >= 11 is 0. The van der Waals surface area contributed by atoms with Crippen LogP contribution < -0.4 is 14.8 Å². The molecule has 6 heteroatoms. The van der Waals surface area contributed by atoms with E-state index in [1.165, 1.54) is 5.56 Å². The molecule has 1 amide bonds. The van der Waals surface area contributed by atoms with Gasteiger partial charge in [0.1, 0.15) is 11.5 Å². The van der Waals surface area contributed by atoms with E-state index in [1.54, 1.807) is 0 Å². The van der Waals surface area contributed by atoms with Gasteiger partial charge in [-0.3, -0.25) is 9.69 Å². The first-order valence-electron chi connectivity index (χ1n) is 10.3. The van der Waals surface area contributed by atoms with Gasteiger partial charge < -0.3 is 19.7 Å². The first-order chi connectivity index (χ1) is 14.2. The average molecular weight is 398 g/mol. The number of carbonyl (C=O) groups is 1. The summed E-state index contributed by atoms with van der Waals surface area (Å²) in [6.07, 6.45) is 0. The molecule has 3 rings (SSSR count). The largest absolute Gasteiger partial charge is 0.494 e. The summed E-state index contributed by atoms with van der Waals surface area (Å²) in [4.78, 5) is 16.9. The van der Waals surface area contributed by atoms with Gasteiger partial charge in [0.25, 0.3) is 5.91 Å². The number of ether oxygens (including phenoxy) is 2. The Kier molecular flexibility index (Phi) is 7.90. The fourth-order valence-electron chi connectivity index (χ4n) is 3.55. The lowest BCUT2D eigenvalue weighted by molar-refractivity contribution is -0.123. The van der Waals surface area contributed by atoms with Crippen LogP contribution in [-0.2, 0) is 4.79 Å². The van der Waals surface area contributed by atoms with Gasteiger partial charge >= 0.3 is 0 Å². The van der Waals surface area contributed by atoms with Crippen molar-refractivity contribution >= 4 is 5.91 Å². The van der Waals surface area contributed by atoms with E-state index >= 15 is 0 Å². The summed E-state index contributed by atoms with van der Waals surface area (Å²) in [5.41, 5.74) is 1.32. The Hall–Kier alpha value is -2.57. The number of hydrogen-bond acceptors (Lipinski definition) is 5. The number of nitrogens with one attached hydrogen (secondary N) is 1. The fraction of sp³-hybridized carbons (Fsp3) is 0.435. The predicted molar refractivity (Wildman–Crippen MR) is 114 cm³/mol. The summed E-state index contributed by atoms with van der Waals surface area (Å²) in [6.45, 7) is 7.05. The molecule has 1 heterocycles. The Labute approximate surface area is 173 Å².